The molecule has 1 atom stereocenters. The van der Waals surface area contributed by atoms with E-state index < -0.39 is 0 Å². The van der Waals surface area contributed by atoms with Gasteiger partial charge >= 0.3 is 0 Å². The minimum absolute atomic E-state index is 0.0707. The quantitative estimate of drug-likeness (QED) is 0.816. The van der Waals surface area contributed by atoms with Crippen LogP contribution in [-0.2, 0) is 6.42 Å². The molecular formula is C14H16N2O. The number of nitrogens with two attached hydrogens (primary N) is 1. The van der Waals surface area contributed by atoms with Crippen molar-refractivity contribution in [3.63, 3.8) is 0 Å². The number of nitrogens with zero attached hydrogens (tertiary/aromatic N) is 1. The van der Waals surface area contributed by atoms with Crippen molar-refractivity contribution in [2.45, 2.75) is 32.2 Å². The van der Waals surface area contributed by atoms with E-state index in [4.69, 9.17) is 10.3 Å². The van der Waals surface area contributed by atoms with Crippen LogP contribution in [0.15, 0.2) is 28.8 Å². The minimum Gasteiger partial charge on any atom is -0.360 e. The van der Waals surface area contributed by atoms with Gasteiger partial charge in [0.2, 0.25) is 0 Å². The smallest absolute Gasteiger partial charge is 0.142 e. The molecule has 1 heterocycles. The van der Waals surface area contributed by atoms with Crippen molar-refractivity contribution >= 4 is 0 Å². The summed E-state index contributed by atoms with van der Waals surface area (Å²) in [7, 11) is 0. The molecule has 1 aromatic carbocycles. The molecule has 88 valence electrons. The predicted molar refractivity (Wildman–Crippen MR) is 66.5 cm³/mol. The lowest BCUT2D eigenvalue weighted by atomic mass is 9.90. The first-order chi connectivity index (χ1) is 8.25. The Kier molecular flexibility index (Phi) is 2.48. The van der Waals surface area contributed by atoms with Gasteiger partial charge in [0.15, 0.2) is 0 Å². The maximum absolute atomic E-state index is 6.16. The van der Waals surface area contributed by atoms with Crippen molar-refractivity contribution in [1.82, 2.24) is 5.16 Å². The third kappa shape index (κ3) is 1.76. The van der Waals surface area contributed by atoms with Gasteiger partial charge in [0.1, 0.15) is 11.5 Å². The average molecular weight is 228 g/mol. The molecule has 0 bridgehead atoms. The summed E-state index contributed by atoms with van der Waals surface area (Å²) in [6.45, 7) is 2.08. The molecule has 1 aliphatic carbocycles. The number of hydrogen-bond acceptors (Lipinski definition) is 3. The van der Waals surface area contributed by atoms with Crippen LogP contribution in [0.1, 0.15) is 35.8 Å². The van der Waals surface area contributed by atoms with E-state index in [9.17, 15) is 0 Å². The van der Waals surface area contributed by atoms with E-state index in [-0.39, 0.29) is 6.04 Å². The summed E-state index contributed by atoms with van der Waals surface area (Å²) in [6, 6.07) is 8.40. The number of fused-ring (bicyclic) bond motifs is 1. The molecule has 0 spiro atoms. The van der Waals surface area contributed by atoms with E-state index in [1.165, 1.54) is 5.56 Å². The molecule has 0 amide bonds. The second-order valence-electron chi connectivity index (χ2n) is 4.73. The second kappa shape index (κ2) is 4.00. The molecule has 0 aliphatic heterocycles. The molecule has 2 aromatic rings. The molecule has 1 unspecified atom stereocenters. The first kappa shape index (κ1) is 10.5. The van der Waals surface area contributed by atoms with E-state index in [1.54, 1.807) is 0 Å². The topological polar surface area (TPSA) is 52.0 Å². The fourth-order valence-electron chi connectivity index (χ4n) is 2.44. The Morgan fingerprint density at radius 2 is 2.06 bits per heavy atom. The van der Waals surface area contributed by atoms with E-state index >= 15 is 0 Å². The molecule has 0 saturated heterocycles. The molecule has 0 saturated carbocycles. The summed E-state index contributed by atoms with van der Waals surface area (Å²) < 4.78 is 5.41. The molecule has 0 fully saturated rings. The second-order valence-corrected chi connectivity index (χ2v) is 4.73. The number of benzene rings is 1. The van der Waals surface area contributed by atoms with Crippen LogP contribution in [0, 0.1) is 6.92 Å². The predicted octanol–water partition coefficient (Wildman–Crippen LogP) is 2.99. The van der Waals surface area contributed by atoms with Gasteiger partial charge in [-0.25, -0.2) is 0 Å². The zero-order valence-corrected chi connectivity index (χ0v) is 9.94. The zero-order chi connectivity index (χ0) is 11.8. The first-order valence-corrected chi connectivity index (χ1v) is 6.07. The van der Waals surface area contributed by atoms with Crippen LogP contribution >= 0.6 is 0 Å². The molecule has 3 nitrogen and oxygen atoms in total. The third-order valence-corrected chi connectivity index (χ3v) is 3.42. The number of aryl methyl sites for hydroxylation is 2. The van der Waals surface area contributed by atoms with Crippen LogP contribution < -0.4 is 5.73 Å². The lowest BCUT2D eigenvalue weighted by Gasteiger charge is -2.17. The SMILES string of the molecule is Cc1ccc(-c2noc3c2C(N)CCC3)cc1. The van der Waals surface area contributed by atoms with Crippen molar-refractivity contribution < 1.29 is 4.52 Å². The fourth-order valence-corrected chi connectivity index (χ4v) is 2.44. The molecule has 2 N–H and O–H groups in total. The standard InChI is InChI=1S/C14H16N2O/c1-9-5-7-10(8-6-9)14-13-11(15)3-2-4-12(13)17-16-14/h5-8,11H,2-4,15H2,1H3. The van der Waals surface area contributed by atoms with Crippen LogP contribution in [0.2, 0.25) is 0 Å². The van der Waals surface area contributed by atoms with Crippen molar-refractivity contribution in [2.24, 2.45) is 5.73 Å². The molecule has 3 heteroatoms. The van der Waals surface area contributed by atoms with Crippen LogP contribution in [-0.4, -0.2) is 5.16 Å². The van der Waals surface area contributed by atoms with Crippen LogP contribution in [0.25, 0.3) is 11.3 Å². The van der Waals surface area contributed by atoms with Gasteiger partial charge in [0.05, 0.1) is 0 Å². The first-order valence-electron chi connectivity index (χ1n) is 6.07. The van der Waals surface area contributed by atoms with Gasteiger partial charge in [-0.05, 0) is 19.8 Å². The van der Waals surface area contributed by atoms with Crippen LogP contribution in [0.3, 0.4) is 0 Å². The molecule has 1 aromatic heterocycles. The van der Waals surface area contributed by atoms with Gasteiger partial charge in [-0.2, -0.15) is 0 Å². The number of rotatable bonds is 1. The van der Waals surface area contributed by atoms with Crippen LogP contribution in [0.4, 0.5) is 0 Å². The molecular weight excluding hydrogens is 212 g/mol. The lowest BCUT2D eigenvalue weighted by Crippen LogP contribution is -2.16. The maximum atomic E-state index is 6.16. The van der Waals surface area contributed by atoms with E-state index in [2.05, 4.69) is 36.3 Å². The number of aromatic nitrogens is 1. The summed E-state index contributed by atoms with van der Waals surface area (Å²) in [6.07, 6.45) is 3.08. The minimum atomic E-state index is 0.0707. The van der Waals surface area contributed by atoms with Gasteiger partial charge in [0.25, 0.3) is 0 Å². The van der Waals surface area contributed by atoms with Gasteiger partial charge in [0, 0.05) is 23.6 Å². The highest BCUT2D eigenvalue weighted by atomic mass is 16.5. The Labute approximate surface area is 101 Å². The monoisotopic (exact) mass is 228 g/mol. The van der Waals surface area contributed by atoms with E-state index in [0.717, 1.165) is 41.8 Å². The van der Waals surface area contributed by atoms with Crippen molar-refractivity contribution in [2.75, 3.05) is 0 Å². The number of hydrogen-bond donors (Lipinski definition) is 1. The van der Waals surface area contributed by atoms with Gasteiger partial charge < -0.3 is 10.3 Å². The van der Waals surface area contributed by atoms with E-state index in [1.807, 2.05) is 0 Å². The summed E-state index contributed by atoms with van der Waals surface area (Å²) in [5.74, 6) is 0.972. The Hall–Kier alpha value is -1.61. The van der Waals surface area contributed by atoms with Gasteiger partial charge in [-0.15, -0.1) is 0 Å². The zero-order valence-electron chi connectivity index (χ0n) is 9.94. The summed E-state index contributed by atoms with van der Waals surface area (Å²) in [5.41, 5.74) is 10.5. The van der Waals surface area contributed by atoms with Gasteiger partial charge in [-0.3, -0.25) is 0 Å². The lowest BCUT2D eigenvalue weighted by molar-refractivity contribution is 0.366. The highest BCUT2D eigenvalue weighted by Gasteiger charge is 2.26. The Bertz CT molecular complexity index is 528. The molecule has 1 aliphatic rings. The molecule has 3 rings (SSSR count). The molecule has 17 heavy (non-hydrogen) atoms. The van der Waals surface area contributed by atoms with Crippen LogP contribution in [0.5, 0.6) is 0 Å². The van der Waals surface area contributed by atoms with Crippen molar-refractivity contribution in [1.29, 1.82) is 0 Å². The fraction of sp³-hybridized carbons (Fsp3) is 0.357. The summed E-state index contributed by atoms with van der Waals surface area (Å²) >= 11 is 0. The molecule has 0 radical (unpaired) electrons. The Morgan fingerprint density at radius 3 is 2.82 bits per heavy atom. The maximum Gasteiger partial charge on any atom is 0.142 e. The largest absolute Gasteiger partial charge is 0.360 e. The highest BCUT2D eigenvalue weighted by Crippen LogP contribution is 2.35. The van der Waals surface area contributed by atoms with E-state index in [0.29, 0.717) is 0 Å². The Morgan fingerprint density at radius 1 is 1.29 bits per heavy atom. The summed E-state index contributed by atoms with van der Waals surface area (Å²) in [4.78, 5) is 0. The third-order valence-electron chi connectivity index (χ3n) is 3.42. The highest BCUT2D eigenvalue weighted by molar-refractivity contribution is 5.64. The van der Waals surface area contributed by atoms with Gasteiger partial charge in [-0.1, -0.05) is 35.0 Å². The van der Waals surface area contributed by atoms with Crippen molar-refractivity contribution in [3.05, 3.63) is 41.2 Å². The Balaban J connectivity index is 2.09. The summed E-state index contributed by atoms with van der Waals surface area (Å²) in [5, 5.41) is 4.19. The average Bonchev–Trinajstić information content (AvgIpc) is 2.75. The normalized spacial score (nSPS) is 19.1. The van der Waals surface area contributed by atoms with Crippen molar-refractivity contribution in [3.8, 4) is 11.3 Å².